The maximum absolute atomic E-state index is 14.3. The molecule has 0 radical (unpaired) electrons. The predicted octanol–water partition coefficient (Wildman–Crippen LogP) is 3.49. The minimum atomic E-state index is -0.607. The van der Waals surface area contributed by atoms with Gasteiger partial charge in [0.05, 0.1) is 11.3 Å². The van der Waals surface area contributed by atoms with E-state index in [9.17, 15) is 9.18 Å². The molecule has 11 heteroatoms. The molecule has 202 valence electrons. The molecule has 0 spiro atoms. The number of nitrogens with zero attached hydrogens (tertiary/aromatic N) is 3. The Hall–Kier alpha value is -4.79. The van der Waals surface area contributed by atoms with Gasteiger partial charge in [-0.2, -0.15) is 5.26 Å². The second kappa shape index (κ2) is 14.2. The number of pyridine rings is 1. The molecule has 3 aromatic rings. The van der Waals surface area contributed by atoms with E-state index in [1.165, 1.54) is 18.2 Å². The quantitative estimate of drug-likeness (QED) is 0.154. The molecule has 1 aliphatic rings. The first-order chi connectivity index (χ1) is 18.9. The Morgan fingerprint density at radius 1 is 1.21 bits per heavy atom. The number of hydrogen-bond acceptors (Lipinski definition) is 8. The number of carboxylic acid groups (broad SMARTS) is 1. The van der Waals surface area contributed by atoms with Gasteiger partial charge >= 0.3 is 0 Å². The number of ether oxygens (including phenoxy) is 1. The molecule has 0 bridgehead atoms. The Labute approximate surface area is 224 Å². The Kier molecular flexibility index (Phi) is 10.5. The summed E-state index contributed by atoms with van der Waals surface area (Å²) in [4.78, 5) is 26.4. The molecule has 2 heterocycles. The largest absolute Gasteiger partial charge is 0.489 e. The number of nitrogens with two attached hydrogens (primary N) is 1. The number of aromatic nitrogens is 1. The van der Waals surface area contributed by atoms with Gasteiger partial charge in [-0.3, -0.25) is 14.8 Å². The number of nitriles is 1. The Bertz CT molecular complexity index is 1350. The molecule has 4 rings (SSSR count). The number of anilines is 1. The lowest BCUT2D eigenvalue weighted by atomic mass is 10.1. The van der Waals surface area contributed by atoms with Crippen molar-refractivity contribution >= 4 is 24.3 Å². The van der Waals surface area contributed by atoms with Crippen LogP contribution < -0.4 is 20.9 Å². The van der Waals surface area contributed by atoms with Crippen LogP contribution in [0.5, 0.6) is 5.75 Å². The van der Waals surface area contributed by atoms with Gasteiger partial charge in [-0.15, -0.1) is 0 Å². The van der Waals surface area contributed by atoms with Crippen LogP contribution in [0.2, 0.25) is 0 Å². The van der Waals surface area contributed by atoms with E-state index in [4.69, 9.17) is 35.8 Å². The maximum atomic E-state index is 14.3. The van der Waals surface area contributed by atoms with E-state index in [1.54, 1.807) is 23.7 Å². The molecule has 5 N–H and O–H groups in total. The highest BCUT2D eigenvalue weighted by Gasteiger charge is 2.19. The van der Waals surface area contributed by atoms with Gasteiger partial charge in [-0.05, 0) is 42.2 Å². The average Bonchev–Trinajstić information content (AvgIpc) is 2.96. The second-order valence-corrected chi connectivity index (χ2v) is 8.62. The molecule has 10 nitrogen and oxygen atoms in total. The van der Waals surface area contributed by atoms with Gasteiger partial charge in [0.2, 0.25) is 0 Å². The molecule has 1 fully saturated rings. The van der Waals surface area contributed by atoms with Gasteiger partial charge in [-0.25, -0.2) is 14.9 Å². The SMILES string of the molecule is N#Cc1ccc(-c2cc(OCc3ccc(/C=C/C(=O)NO)cc3)cc(N3CCC(N)CC3)n2)cc1F.O=CO. The van der Waals surface area contributed by atoms with Crippen LogP contribution in [-0.2, 0) is 16.2 Å². The lowest BCUT2D eigenvalue weighted by Crippen LogP contribution is -2.40. The number of piperidine rings is 1. The highest BCUT2D eigenvalue weighted by Crippen LogP contribution is 2.30. The van der Waals surface area contributed by atoms with Crippen LogP contribution in [0.1, 0.15) is 29.5 Å². The molecule has 0 aliphatic carbocycles. The fraction of sp³-hybridized carbons (Fsp3) is 0.214. The number of hydroxylamine groups is 1. The van der Waals surface area contributed by atoms with Gasteiger partial charge in [0.15, 0.2) is 0 Å². The number of carbonyl (C=O) groups is 2. The van der Waals surface area contributed by atoms with Crippen molar-refractivity contribution in [3.8, 4) is 23.1 Å². The zero-order chi connectivity index (χ0) is 28.2. The molecule has 0 unspecified atom stereocenters. The minimum Gasteiger partial charge on any atom is -0.489 e. The van der Waals surface area contributed by atoms with E-state index in [0.29, 0.717) is 17.0 Å². The maximum Gasteiger partial charge on any atom is 0.290 e. The van der Waals surface area contributed by atoms with Crippen molar-refractivity contribution in [2.24, 2.45) is 5.73 Å². The van der Waals surface area contributed by atoms with E-state index < -0.39 is 11.7 Å². The number of benzene rings is 2. The average molecular weight is 534 g/mol. The van der Waals surface area contributed by atoms with Crippen LogP contribution in [0.3, 0.4) is 0 Å². The van der Waals surface area contributed by atoms with Gasteiger partial charge in [-0.1, -0.05) is 30.3 Å². The zero-order valence-corrected chi connectivity index (χ0v) is 21.0. The highest BCUT2D eigenvalue weighted by atomic mass is 19.1. The van der Waals surface area contributed by atoms with E-state index in [0.717, 1.165) is 42.9 Å². The standard InChI is InChI=1S/C27H26FN5O3.CH2O2/c28-24-13-20(6-7-21(24)16-29)25-14-23(15-26(31-25)33-11-9-22(30)10-12-33)36-17-19-3-1-18(2-4-19)5-8-27(34)32-35;2-1-3/h1-8,13-15,22,35H,9-12,17,30H2,(H,32,34);1H,(H,2,3)/b8-5+;. The third-order valence-electron chi connectivity index (χ3n) is 5.96. The number of hydrogen-bond donors (Lipinski definition) is 4. The van der Waals surface area contributed by atoms with Crippen molar-refractivity contribution in [3.05, 3.63) is 83.2 Å². The normalized spacial score (nSPS) is 13.2. The summed E-state index contributed by atoms with van der Waals surface area (Å²) in [5, 5.41) is 24.5. The first-order valence-corrected chi connectivity index (χ1v) is 12.0. The Balaban J connectivity index is 0.00000134. The first kappa shape index (κ1) is 28.8. The monoisotopic (exact) mass is 533 g/mol. The van der Waals surface area contributed by atoms with Crippen LogP contribution in [0.25, 0.3) is 17.3 Å². The van der Waals surface area contributed by atoms with Crippen molar-refractivity contribution in [1.29, 1.82) is 5.26 Å². The zero-order valence-electron chi connectivity index (χ0n) is 21.0. The Morgan fingerprint density at radius 3 is 2.51 bits per heavy atom. The minimum absolute atomic E-state index is 0.0216. The van der Waals surface area contributed by atoms with Gasteiger partial charge in [0.1, 0.15) is 30.1 Å². The van der Waals surface area contributed by atoms with Crippen molar-refractivity contribution in [2.45, 2.75) is 25.5 Å². The second-order valence-electron chi connectivity index (χ2n) is 8.62. The van der Waals surface area contributed by atoms with E-state index in [1.807, 2.05) is 36.4 Å². The summed E-state index contributed by atoms with van der Waals surface area (Å²) >= 11 is 0. The van der Waals surface area contributed by atoms with Crippen LogP contribution in [0.4, 0.5) is 10.2 Å². The lowest BCUT2D eigenvalue weighted by molar-refractivity contribution is -0.124. The summed E-state index contributed by atoms with van der Waals surface area (Å²) in [6, 6.07) is 17.5. The number of carbonyl (C=O) groups excluding carboxylic acids is 1. The fourth-order valence-electron chi connectivity index (χ4n) is 3.88. The summed E-state index contributed by atoms with van der Waals surface area (Å²) in [6.45, 7) is 1.57. The van der Waals surface area contributed by atoms with E-state index in [-0.39, 0.29) is 24.7 Å². The van der Waals surface area contributed by atoms with Crippen molar-refractivity contribution < 1.29 is 29.0 Å². The Morgan fingerprint density at radius 2 is 1.90 bits per heavy atom. The van der Waals surface area contributed by atoms with Crippen molar-refractivity contribution in [3.63, 3.8) is 0 Å². The highest BCUT2D eigenvalue weighted by molar-refractivity contribution is 5.90. The summed E-state index contributed by atoms with van der Waals surface area (Å²) in [7, 11) is 0. The fourth-order valence-corrected chi connectivity index (χ4v) is 3.88. The molecule has 39 heavy (non-hydrogen) atoms. The van der Waals surface area contributed by atoms with Crippen molar-refractivity contribution in [1.82, 2.24) is 10.5 Å². The van der Waals surface area contributed by atoms with Crippen LogP contribution in [0.15, 0.2) is 60.7 Å². The number of rotatable bonds is 7. The third-order valence-corrected chi connectivity index (χ3v) is 5.96. The molecule has 1 aliphatic heterocycles. The number of amides is 1. The van der Waals surface area contributed by atoms with Crippen LogP contribution >= 0.6 is 0 Å². The topological polar surface area (TPSA) is 162 Å². The summed E-state index contributed by atoms with van der Waals surface area (Å²) in [5.41, 5.74) is 10.4. The van der Waals surface area contributed by atoms with E-state index >= 15 is 0 Å². The smallest absolute Gasteiger partial charge is 0.290 e. The van der Waals surface area contributed by atoms with E-state index in [2.05, 4.69) is 4.90 Å². The third kappa shape index (κ3) is 8.36. The number of nitrogens with one attached hydrogen (secondary N) is 1. The first-order valence-electron chi connectivity index (χ1n) is 12.0. The molecule has 1 amide bonds. The summed E-state index contributed by atoms with van der Waals surface area (Å²) in [5.74, 6) is 0.101. The van der Waals surface area contributed by atoms with Crippen LogP contribution in [-0.4, -0.2) is 46.8 Å². The molecule has 0 atom stereocenters. The molecule has 2 aromatic carbocycles. The molecular formula is C28H28FN5O5. The number of halogens is 1. The molecule has 0 saturated carbocycles. The summed E-state index contributed by atoms with van der Waals surface area (Å²) < 4.78 is 20.4. The predicted molar refractivity (Wildman–Crippen MR) is 142 cm³/mol. The van der Waals surface area contributed by atoms with Gasteiger partial charge < -0.3 is 20.5 Å². The van der Waals surface area contributed by atoms with Crippen molar-refractivity contribution in [2.75, 3.05) is 18.0 Å². The van der Waals surface area contributed by atoms with Crippen LogP contribution in [0, 0.1) is 17.1 Å². The summed E-state index contributed by atoms with van der Waals surface area (Å²) in [6.07, 6.45) is 4.52. The molecule has 1 aromatic heterocycles. The molecule has 1 saturated heterocycles. The van der Waals surface area contributed by atoms with Gasteiger partial charge in [0.25, 0.3) is 12.4 Å². The van der Waals surface area contributed by atoms with Gasteiger partial charge in [0, 0.05) is 42.9 Å². The molecular weight excluding hydrogens is 505 g/mol. The lowest BCUT2D eigenvalue weighted by Gasteiger charge is -2.31.